The van der Waals surface area contributed by atoms with Crippen molar-refractivity contribution in [3.05, 3.63) is 58.1 Å². The van der Waals surface area contributed by atoms with Gasteiger partial charge in [0.15, 0.2) is 0 Å². The van der Waals surface area contributed by atoms with Crippen molar-refractivity contribution in [3.63, 3.8) is 0 Å². The average molecular weight is 255 g/mol. The van der Waals surface area contributed by atoms with E-state index in [1.54, 1.807) is 0 Å². The van der Waals surface area contributed by atoms with Crippen LogP contribution < -0.4 is 10.5 Å². The predicted octanol–water partition coefficient (Wildman–Crippen LogP) is 4.08. The van der Waals surface area contributed by atoms with Gasteiger partial charge in [-0.05, 0) is 55.5 Å². The van der Waals surface area contributed by atoms with Gasteiger partial charge < -0.3 is 10.5 Å². The predicted molar refractivity (Wildman–Crippen MR) is 80.6 cm³/mol. The summed E-state index contributed by atoms with van der Waals surface area (Å²) in [5.41, 5.74) is 12.7. The Balaban J connectivity index is 2.31. The van der Waals surface area contributed by atoms with Crippen LogP contribution in [0.15, 0.2) is 30.3 Å². The minimum Gasteiger partial charge on any atom is -0.488 e. The molecule has 2 nitrogen and oxygen atoms in total. The maximum Gasteiger partial charge on any atom is 0.126 e. The molecule has 0 aliphatic rings. The van der Waals surface area contributed by atoms with Crippen LogP contribution in [-0.2, 0) is 6.61 Å². The van der Waals surface area contributed by atoms with Crippen LogP contribution in [0.2, 0.25) is 0 Å². The van der Waals surface area contributed by atoms with Gasteiger partial charge in [0.2, 0.25) is 0 Å². The summed E-state index contributed by atoms with van der Waals surface area (Å²) in [6, 6.07) is 10.2. The van der Waals surface area contributed by atoms with Gasteiger partial charge in [0.25, 0.3) is 0 Å². The number of rotatable bonds is 3. The lowest BCUT2D eigenvalue weighted by atomic mass is 9.97. The third-order valence-electron chi connectivity index (χ3n) is 3.84. The molecule has 0 heterocycles. The smallest absolute Gasteiger partial charge is 0.126 e. The molecule has 0 fully saturated rings. The van der Waals surface area contributed by atoms with E-state index in [9.17, 15) is 0 Å². The van der Waals surface area contributed by atoms with Crippen LogP contribution in [-0.4, -0.2) is 0 Å². The van der Waals surface area contributed by atoms with Gasteiger partial charge in [-0.3, -0.25) is 0 Å². The van der Waals surface area contributed by atoms with E-state index < -0.39 is 0 Å². The van der Waals surface area contributed by atoms with E-state index in [1.165, 1.54) is 5.56 Å². The minimum absolute atomic E-state index is 0.589. The van der Waals surface area contributed by atoms with Gasteiger partial charge in [-0.15, -0.1) is 0 Å². The maximum absolute atomic E-state index is 6.10. The summed E-state index contributed by atoms with van der Waals surface area (Å²) in [6.45, 7) is 8.82. The molecule has 0 atom stereocenters. The highest BCUT2D eigenvalue weighted by Gasteiger charge is 2.13. The van der Waals surface area contributed by atoms with Gasteiger partial charge in [0.05, 0.1) is 0 Å². The fourth-order valence-electron chi connectivity index (χ4n) is 2.25. The van der Waals surface area contributed by atoms with Crippen molar-refractivity contribution in [2.75, 3.05) is 5.73 Å². The number of hydrogen-bond acceptors (Lipinski definition) is 2. The van der Waals surface area contributed by atoms with Crippen LogP contribution in [0, 0.1) is 27.7 Å². The van der Waals surface area contributed by atoms with Gasteiger partial charge in [-0.25, -0.2) is 0 Å². The quantitative estimate of drug-likeness (QED) is 0.839. The first-order chi connectivity index (χ1) is 9.02. The summed E-state index contributed by atoms with van der Waals surface area (Å²) in [5, 5.41) is 0. The molecule has 0 unspecified atom stereocenters. The molecule has 2 heteroatoms. The number of nitrogen functional groups attached to an aromatic ring is 1. The monoisotopic (exact) mass is 255 g/mol. The van der Waals surface area contributed by atoms with Crippen LogP contribution in [0.3, 0.4) is 0 Å². The Morgan fingerprint density at radius 2 is 1.37 bits per heavy atom. The topological polar surface area (TPSA) is 35.2 Å². The standard InChI is InChI=1S/C17H21NO/c1-11-13(3)17(14(4)12(2)16(11)18)19-10-15-8-6-5-7-9-15/h5-9H,10,18H2,1-4H3. The number of ether oxygens (including phenoxy) is 1. The Labute approximate surface area is 115 Å². The highest BCUT2D eigenvalue weighted by atomic mass is 16.5. The van der Waals surface area contributed by atoms with Crippen LogP contribution in [0.4, 0.5) is 5.69 Å². The van der Waals surface area contributed by atoms with Crippen molar-refractivity contribution >= 4 is 5.69 Å². The lowest BCUT2D eigenvalue weighted by Gasteiger charge is -2.18. The second-order valence-corrected chi connectivity index (χ2v) is 5.02. The first-order valence-corrected chi connectivity index (χ1v) is 6.55. The van der Waals surface area contributed by atoms with E-state index in [1.807, 2.05) is 32.0 Å². The molecule has 0 radical (unpaired) electrons. The zero-order valence-electron chi connectivity index (χ0n) is 12.1. The molecule has 0 amide bonds. The molecule has 2 N–H and O–H groups in total. The normalized spacial score (nSPS) is 10.5. The zero-order valence-corrected chi connectivity index (χ0v) is 12.1. The molecule has 0 saturated heterocycles. The average Bonchev–Trinajstić information content (AvgIpc) is 2.44. The Morgan fingerprint density at radius 3 is 1.89 bits per heavy atom. The summed E-state index contributed by atoms with van der Waals surface area (Å²) < 4.78 is 6.01. The molecule has 2 rings (SSSR count). The van der Waals surface area contributed by atoms with E-state index in [-0.39, 0.29) is 0 Å². The third-order valence-corrected chi connectivity index (χ3v) is 3.84. The van der Waals surface area contributed by atoms with Crippen molar-refractivity contribution in [2.24, 2.45) is 0 Å². The number of anilines is 1. The van der Waals surface area contributed by atoms with Gasteiger partial charge in [-0.2, -0.15) is 0 Å². The zero-order chi connectivity index (χ0) is 14.0. The van der Waals surface area contributed by atoms with E-state index in [4.69, 9.17) is 10.5 Å². The lowest BCUT2D eigenvalue weighted by Crippen LogP contribution is -2.05. The second kappa shape index (κ2) is 5.35. The Morgan fingerprint density at radius 1 is 0.842 bits per heavy atom. The molecule has 2 aromatic carbocycles. The first-order valence-electron chi connectivity index (χ1n) is 6.55. The molecular weight excluding hydrogens is 234 g/mol. The van der Waals surface area contributed by atoms with Crippen LogP contribution in [0.1, 0.15) is 27.8 Å². The number of hydrogen-bond donors (Lipinski definition) is 1. The molecule has 100 valence electrons. The summed E-state index contributed by atoms with van der Waals surface area (Å²) in [7, 11) is 0. The summed E-state index contributed by atoms with van der Waals surface area (Å²) in [5.74, 6) is 0.966. The van der Waals surface area contributed by atoms with E-state index in [0.717, 1.165) is 33.7 Å². The van der Waals surface area contributed by atoms with Crippen molar-refractivity contribution in [1.29, 1.82) is 0 Å². The molecule has 0 spiro atoms. The summed E-state index contributed by atoms with van der Waals surface area (Å²) >= 11 is 0. The van der Waals surface area contributed by atoms with Crippen molar-refractivity contribution in [3.8, 4) is 5.75 Å². The largest absolute Gasteiger partial charge is 0.488 e. The Hall–Kier alpha value is -1.96. The minimum atomic E-state index is 0.589. The number of nitrogens with two attached hydrogens (primary N) is 1. The molecule has 0 aliphatic heterocycles. The maximum atomic E-state index is 6.10. The van der Waals surface area contributed by atoms with Crippen molar-refractivity contribution in [2.45, 2.75) is 34.3 Å². The van der Waals surface area contributed by atoms with Gasteiger partial charge in [0, 0.05) is 5.69 Å². The van der Waals surface area contributed by atoms with E-state index in [2.05, 4.69) is 26.0 Å². The second-order valence-electron chi connectivity index (χ2n) is 5.02. The van der Waals surface area contributed by atoms with E-state index in [0.29, 0.717) is 6.61 Å². The Kier molecular flexibility index (Phi) is 3.79. The highest BCUT2D eigenvalue weighted by molar-refractivity contribution is 5.64. The first kappa shape index (κ1) is 13.5. The highest BCUT2D eigenvalue weighted by Crippen LogP contribution is 2.34. The SMILES string of the molecule is Cc1c(C)c(OCc2ccccc2)c(C)c(C)c1N. The fraction of sp³-hybridized carbons (Fsp3) is 0.294. The van der Waals surface area contributed by atoms with E-state index >= 15 is 0 Å². The molecule has 19 heavy (non-hydrogen) atoms. The van der Waals surface area contributed by atoms with Crippen LogP contribution >= 0.6 is 0 Å². The molecule has 0 bridgehead atoms. The summed E-state index contributed by atoms with van der Waals surface area (Å²) in [6.07, 6.45) is 0. The van der Waals surface area contributed by atoms with Gasteiger partial charge in [-0.1, -0.05) is 30.3 Å². The number of benzene rings is 2. The molecular formula is C17H21NO. The fourth-order valence-corrected chi connectivity index (χ4v) is 2.25. The van der Waals surface area contributed by atoms with Gasteiger partial charge in [0.1, 0.15) is 12.4 Å². The van der Waals surface area contributed by atoms with Crippen LogP contribution in [0.5, 0.6) is 5.75 Å². The molecule has 0 saturated carbocycles. The van der Waals surface area contributed by atoms with Crippen molar-refractivity contribution < 1.29 is 4.74 Å². The molecule has 2 aromatic rings. The third kappa shape index (κ3) is 2.58. The van der Waals surface area contributed by atoms with Gasteiger partial charge >= 0.3 is 0 Å². The van der Waals surface area contributed by atoms with Crippen molar-refractivity contribution in [1.82, 2.24) is 0 Å². The Bertz CT molecular complexity index is 559. The molecule has 0 aliphatic carbocycles. The molecule has 0 aromatic heterocycles. The summed E-state index contributed by atoms with van der Waals surface area (Å²) in [4.78, 5) is 0. The lowest BCUT2D eigenvalue weighted by molar-refractivity contribution is 0.301. The van der Waals surface area contributed by atoms with Crippen LogP contribution in [0.25, 0.3) is 0 Å².